The largest absolute Gasteiger partial charge is 0.216 e. The topological polar surface area (TPSA) is 0 Å². The minimum absolute atomic E-state index is 0.292. The van der Waals surface area contributed by atoms with Gasteiger partial charge in [0.05, 0.1) is 6.33 Å². The third-order valence-corrected chi connectivity index (χ3v) is 3.78. The Morgan fingerprint density at radius 1 is 1.04 bits per heavy atom. The van der Waals surface area contributed by atoms with Gasteiger partial charge in [-0.05, 0) is 54.2 Å². The zero-order valence-electron chi connectivity index (χ0n) is 15.5. The van der Waals surface area contributed by atoms with E-state index in [4.69, 9.17) is 0 Å². The van der Waals surface area contributed by atoms with Gasteiger partial charge in [-0.15, -0.1) is 0 Å². The summed E-state index contributed by atoms with van der Waals surface area (Å²) < 4.78 is 40.2. The molecule has 2 aromatic rings. The van der Waals surface area contributed by atoms with Gasteiger partial charge in [-0.25, -0.2) is 13.2 Å². The van der Waals surface area contributed by atoms with Gasteiger partial charge in [0.1, 0.15) is 11.6 Å². The van der Waals surface area contributed by atoms with Crippen molar-refractivity contribution in [3.05, 3.63) is 95.9 Å². The van der Waals surface area contributed by atoms with Crippen LogP contribution < -0.4 is 0 Å². The van der Waals surface area contributed by atoms with E-state index in [1.54, 1.807) is 30.3 Å². The van der Waals surface area contributed by atoms with Crippen LogP contribution in [0.2, 0.25) is 0 Å². The van der Waals surface area contributed by atoms with Gasteiger partial charge < -0.3 is 0 Å². The maximum Gasteiger partial charge on any atom is 0.134 e. The van der Waals surface area contributed by atoms with Crippen LogP contribution >= 0.6 is 0 Å². The van der Waals surface area contributed by atoms with E-state index in [0.29, 0.717) is 41.4 Å². The van der Waals surface area contributed by atoms with Crippen LogP contribution in [0, 0.1) is 11.6 Å². The predicted molar refractivity (Wildman–Crippen MR) is 105 cm³/mol. The smallest absolute Gasteiger partial charge is 0.134 e. The molecule has 0 radical (unpaired) electrons. The summed E-state index contributed by atoms with van der Waals surface area (Å²) in [7, 11) is 0. The molecule has 0 saturated carbocycles. The van der Waals surface area contributed by atoms with Crippen molar-refractivity contribution in [1.29, 1.82) is 0 Å². The zero-order valence-corrected chi connectivity index (χ0v) is 15.5. The SMILES string of the molecule is C=C/C=C\C.CC.F/C=C1/Cc2ccc(-c3cccc(F)c3)c(F)c2C1. The number of halogens is 3. The van der Waals surface area contributed by atoms with Gasteiger partial charge in [0.15, 0.2) is 0 Å². The maximum absolute atomic E-state index is 14.4. The fraction of sp³-hybridized carbons (Fsp3) is 0.217. The van der Waals surface area contributed by atoms with Gasteiger partial charge in [-0.2, -0.15) is 0 Å². The molecule has 0 N–H and O–H groups in total. The summed E-state index contributed by atoms with van der Waals surface area (Å²) in [6.07, 6.45) is 6.86. The van der Waals surface area contributed by atoms with E-state index < -0.39 is 5.82 Å². The highest BCUT2D eigenvalue weighted by atomic mass is 19.1. The van der Waals surface area contributed by atoms with Crippen molar-refractivity contribution < 1.29 is 13.2 Å². The Hall–Kier alpha value is -2.55. The first-order chi connectivity index (χ1) is 12.6. The number of hydrogen-bond acceptors (Lipinski definition) is 0. The lowest BCUT2D eigenvalue weighted by Gasteiger charge is -2.08. The molecule has 0 bridgehead atoms. The Morgan fingerprint density at radius 2 is 1.77 bits per heavy atom. The Kier molecular flexibility index (Phi) is 9.21. The van der Waals surface area contributed by atoms with Gasteiger partial charge in [-0.1, -0.05) is 62.9 Å². The first-order valence-corrected chi connectivity index (χ1v) is 8.68. The van der Waals surface area contributed by atoms with Crippen LogP contribution in [0.1, 0.15) is 31.9 Å². The number of allylic oxidation sites excluding steroid dienone is 4. The van der Waals surface area contributed by atoms with Gasteiger partial charge in [-0.3, -0.25) is 0 Å². The van der Waals surface area contributed by atoms with Crippen LogP contribution in [0.5, 0.6) is 0 Å². The maximum atomic E-state index is 14.4. The average Bonchev–Trinajstić information content (AvgIpc) is 3.09. The lowest BCUT2D eigenvalue weighted by Crippen LogP contribution is -1.93. The Morgan fingerprint density at radius 3 is 2.31 bits per heavy atom. The second-order valence-corrected chi connectivity index (χ2v) is 5.46. The van der Waals surface area contributed by atoms with E-state index in [0.717, 1.165) is 5.56 Å². The van der Waals surface area contributed by atoms with Crippen LogP contribution in [0.25, 0.3) is 11.1 Å². The molecule has 1 aliphatic carbocycles. The standard InChI is InChI=1S/C16H11F3.C5H8.C2H6/c17-9-10-6-12-4-5-14(16(19)15(12)7-10)11-2-1-3-13(18)8-11;1-3-5-4-2;1-2/h1-5,8-9H,6-7H2;3-5H,1H2,2H3;1-2H3/b10-9-;5-4-;. The van der Waals surface area contributed by atoms with E-state index in [9.17, 15) is 13.2 Å². The van der Waals surface area contributed by atoms with Crippen LogP contribution in [-0.4, -0.2) is 0 Å². The quantitative estimate of drug-likeness (QED) is 0.492. The van der Waals surface area contributed by atoms with Crippen LogP contribution in [0.15, 0.2) is 73.1 Å². The summed E-state index contributed by atoms with van der Waals surface area (Å²) in [6, 6.07) is 9.24. The van der Waals surface area contributed by atoms with Gasteiger partial charge in [0.25, 0.3) is 0 Å². The fourth-order valence-corrected chi connectivity index (χ4v) is 2.64. The second kappa shape index (κ2) is 11.1. The van der Waals surface area contributed by atoms with Gasteiger partial charge >= 0.3 is 0 Å². The van der Waals surface area contributed by atoms with E-state index in [-0.39, 0.29) is 5.82 Å². The summed E-state index contributed by atoms with van der Waals surface area (Å²) in [5.41, 5.74) is 2.76. The molecule has 3 rings (SSSR count). The number of rotatable bonds is 2. The highest BCUT2D eigenvalue weighted by Gasteiger charge is 2.22. The molecule has 0 heterocycles. The van der Waals surface area contributed by atoms with Crippen LogP contribution in [0.3, 0.4) is 0 Å². The molecule has 0 fully saturated rings. The van der Waals surface area contributed by atoms with Crippen LogP contribution in [0.4, 0.5) is 13.2 Å². The summed E-state index contributed by atoms with van der Waals surface area (Å²) in [5.74, 6) is -0.776. The second-order valence-electron chi connectivity index (χ2n) is 5.46. The lowest BCUT2D eigenvalue weighted by atomic mass is 9.99. The highest BCUT2D eigenvalue weighted by molar-refractivity contribution is 5.67. The van der Waals surface area contributed by atoms with Gasteiger partial charge in [0.2, 0.25) is 0 Å². The molecule has 0 spiro atoms. The third kappa shape index (κ3) is 5.48. The van der Waals surface area contributed by atoms with E-state index in [2.05, 4.69) is 6.58 Å². The molecule has 26 heavy (non-hydrogen) atoms. The van der Waals surface area contributed by atoms with Crippen LogP contribution in [-0.2, 0) is 12.8 Å². The first-order valence-electron chi connectivity index (χ1n) is 8.68. The minimum atomic E-state index is -0.401. The third-order valence-electron chi connectivity index (χ3n) is 3.78. The van der Waals surface area contributed by atoms with Crippen molar-refractivity contribution in [3.8, 4) is 11.1 Å². The van der Waals surface area contributed by atoms with E-state index in [1.807, 2.05) is 32.9 Å². The molecule has 0 nitrogen and oxygen atoms in total. The molecule has 0 amide bonds. The molecule has 0 aliphatic heterocycles. The summed E-state index contributed by atoms with van der Waals surface area (Å²) in [6.45, 7) is 9.42. The van der Waals surface area contributed by atoms with Crippen molar-refractivity contribution in [3.63, 3.8) is 0 Å². The predicted octanol–water partition coefficient (Wildman–Crippen LogP) is 7.36. The molecule has 3 heteroatoms. The molecule has 0 saturated heterocycles. The molecule has 0 aromatic heterocycles. The van der Waals surface area contributed by atoms with E-state index in [1.165, 1.54) is 12.1 Å². The van der Waals surface area contributed by atoms with Crippen molar-refractivity contribution in [2.24, 2.45) is 0 Å². The van der Waals surface area contributed by atoms with Crippen molar-refractivity contribution in [2.75, 3.05) is 0 Å². The average molecular weight is 358 g/mol. The monoisotopic (exact) mass is 358 g/mol. The summed E-state index contributed by atoms with van der Waals surface area (Å²) in [4.78, 5) is 0. The van der Waals surface area contributed by atoms with Crippen molar-refractivity contribution in [1.82, 2.24) is 0 Å². The Balaban J connectivity index is 0.000000420. The minimum Gasteiger partial charge on any atom is -0.216 e. The number of hydrogen-bond donors (Lipinski definition) is 0. The Bertz CT molecular complexity index is 786. The first kappa shape index (κ1) is 21.5. The molecular formula is C23H25F3. The molecular weight excluding hydrogens is 333 g/mol. The molecule has 1 aliphatic rings. The Labute approximate surface area is 154 Å². The normalized spacial score (nSPS) is 13.5. The number of fused-ring (bicyclic) bond motifs is 1. The number of benzene rings is 2. The summed E-state index contributed by atoms with van der Waals surface area (Å²) in [5, 5.41) is 0. The van der Waals surface area contributed by atoms with E-state index >= 15 is 0 Å². The fourth-order valence-electron chi connectivity index (χ4n) is 2.64. The summed E-state index contributed by atoms with van der Waals surface area (Å²) >= 11 is 0. The molecule has 2 aromatic carbocycles. The molecule has 138 valence electrons. The lowest BCUT2D eigenvalue weighted by molar-refractivity contribution is 0.616. The van der Waals surface area contributed by atoms with Crippen molar-refractivity contribution >= 4 is 0 Å². The molecule has 0 unspecified atom stereocenters. The van der Waals surface area contributed by atoms with Gasteiger partial charge in [0, 0.05) is 5.56 Å². The van der Waals surface area contributed by atoms with Crippen molar-refractivity contribution in [2.45, 2.75) is 33.6 Å². The zero-order chi connectivity index (χ0) is 19.5. The highest BCUT2D eigenvalue weighted by Crippen LogP contribution is 2.34. The molecule has 0 atom stereocenters.